The molecule has 1 atom stereocenters. The standard InChI is InChI=1S/C21H24N6O3/c1-4-17-11-19(24-20(23-17)15-5-7-18(8-6-15)27(28)29)26-9-10-30-21(2,14-26)16-12-22-25(3)13-16/h5-8,11-13H,4,9-10,14H2,1-3H3. The lowest BCUT2D eigenvalue weighted by atomic mass is 9.97. The molecule has 0 amide bonds. The molecule has 3 heterocycles. The van der Waals surface area contributed by atoms with Gasteiger partial charge in [0.25, 0.3) is 5.69 Å². The molecule has 1 unspecified atom stereocenters. The van der Waals surface area contributed by atoms with Crippen molar-refractivity contribution in [3.05, 3.63) is 64.1 Å². The van der Waals surface area contributed by atoms with Gasteiger partial charge in [0.1, 0.15) is 11.4 Å². The number of hydrogen-bond donors (Lipinski definition) is 0. The molecule has 0 N–H and O–H groups in total. The Balaban J connectivity index is 1.66. The van der Waals surface area contributed by atoms with Crippen LogP contribution in [0.15, 0.2) is 42.7 Å². The number of rotatable bonds is 5. The van der Waals surface area contributed by atoms with E-state index in [0.717, 1.165) is 35.6 Å². The Morgan fingerprint density at radius 2 is 2.03 bits per heavy atom. The third-order valence-electron chi connectivity index (χ3n) is 5.38. The number of benzene rings is 1. The molecule has 0 spiro atoms. The van der Waals surface area contributed by atoms with E-state index >= 15 is 0 Å². The number of hydrogen-bond acceptors (Lipinski definition) is 7. The van der Waals surface area contributed by atoms with Gasteiger partial charge in [-0.05, 0) is 25.5 Å². The number of nitrogens with zero attached hydrogens (tertiary/aromatic N) is 6. The summed E-state index contributed by atoms with van der Waals surface area (Å²) >= 11 is 0. The molecule has 1 aliphatic heterocycles. The summed E-state index contributed by atoms with van der Waals surface area (Å²) in [4.78, 5) is 22.1. The lowest BCUT2D eigenvalue weighted by Crippen LogP contribution is -2.48. The molecule has 0 saturated carbocycles. The number of non-ortho nitro benzene ring substituents is 1. The molecule has 1 fully saturated rings. The van der Waals surface area contributed by atoms with Crippen LogP contribution in [0.2, 0.25) is 0 Å². The first kappa shape index (κ1) is 20.0. The van der Waals surface area contributed by atoms with Gasteiger partial charge in [-0.25, -0.2) is 9.97 Å². The molecule has 1 saturated heterocycles. The van der Waals surface area contributed by atoms with Crippen LogP contribution >= 0.6 is 0 Å². The summed E-state index contributed by atoms with van der Waals surface area (Å²) in [6.45, 7) is 6.04. The topological polar surface area (TPSA) is 99.2 Å². The van der Waals surface area contributed by atoms with Crippen LogP contribution in [0.1, 0.15) is 25.1 Å². The van der Waals surface area contributed by atoms with Crippen LogP contribution < -0.4 is 4.90 Å². The zero-order chi connectivity index (χ0) is 21.3. The Kier molecular flexibility index (Phi) is 5.21. The predicted molar refractivity (Wildman–Crippen MR) is 112 cm³/mol. The van der Waals surface area contributed by atoms with E-state index in [-0.39, 0.29) is 5.69 Å². The number of aryl methyl sites for hydroxylation is 2. The fraction of sp³-hybridized carbons (Fsp3) is 0.381. The van der Waals surface area contributed by atoms with E-state index in [9.17, 15) is 10.1 Å². The number of anilines is 1. The second-order valence-electron chi connectivity index (χ2n) is 7.60. The van der Waals surface area contributed by atoms with Crippen molar-refractivity contribution in [3.63, 3.8) is 0 Å². The summed E-state index contributed by atoms with van der Waals surface area (Å²) < 4.78 is 7.89. The van der Waals surface area contributed by atoms with Gasteiger partial charge in [-0.1, -0.05) is 6.92 Å². The monoisotopic (exact) mass is 408 g/mol. The zero-order valence-corrected chi connectivity index (χ0v) is 17.3. The van der Waals surface area contributed by atoms with E-state index in [2.05, 4.69) is 21.9 Å². The van der Waals surface area contributed by atoms with Crippen LogP contribution in [0, 0.1) is 10.1 Å². The van der Waals surface area contributed by atoms with Gasteiger partial charge >= 0.3 is 0 Å². The van der Waals surface area contributed by atoms with Gasteiger partial charge in [-0.15, -0.1) is 0 Å². The quantitative estimate of drug-likeness (QED) is 0.472. The first-order valence-corrected chi connectivity index (χ1v) is 9.89. The molecule has 0 radical (unpaired) electrons. The Hall–Kier alpha value is -3.33. The molecule has 9 nitrogen and oxygen atoms in total. The van der Waals surface area contributed by atoms with Gasteiger partial charge < -0.3 is 9.64 Å². The highest BCUT2D eigenvalue weighted by Gasteiger charge is 2.35. The number of nitro groups is 1. The van der Waals surface area contributed by atoms with Gasteiger partial charge in [0.15, 0.2) is 5.82 Å². The minimum atomic E-state index is -0.489. The second kappa shape index (κ2) is 7.83. The largest absolute Gasteiger partial charge is 0.367 e. The van der Waals surface area contributed by atoms with Gasteiger partial charge in [-0.3, -0.25) is 14.8 Å². The fourth-order valence-electron chi connectivity index (χ4n) is 3.62. The van der Waals surface area contributed by atoms with Crippen molar-refractivity contribution < 1.29 is 9.66 Å². The third-order valence-corrected chi connectivity index (χ3v) is 5.38. The van der Waals surface area contributed by atoms with Crippen molar-refractivity contribution in [2.24, 2.45) is 7.05 Å². The maximum atomic E-state index is 10.9. The van der Waals surface area contributed by atoms with Gasteiger partial charge in [0.2, 0.25) is 0 Å². The summed E-state index contributed by atoms with van der Waals surface area (Å²) in [6, 6.07) is 8.34. The Morgan fingerprint density at radius 3 is 2.67 bits per heavy atom. The van der Waals surface area contributed by atoms with E-state index in [1.165, 1.54) is 12.1 Å². The van der Waals surface area contributed by atoms with E-state index in [4.69, 9.17) is 9.72 Å². The minimum Gasteiger partial charge on any atom is -0.367 e. The summed E-state index contributed by atoms with van der Waals surface area (Å²) in [5.74, 6) is 1.39. The van der Waals surface area contributed by atoms with Crippen LogP contribution in [0.25, 0.3) is 11.4 Å². The fourth-order valence-corrected chi connectivity index (χ4v) is 3.62. The third kappa shape index (κ3) is 3.88. The SMILES string of the molecule is CCc1cc(N2CCOC(C)(c3cnn(C)c3)C2)nc(-c2ccc([N+](=O)[O-])cc2)n1. The van der Waals surface area contributed by atoms with Crippen molar-refractivity contribution in [1.82, 2.24) is 19.7 Å². The highest BCUT2D eigenvalue weighted by atomic mass is 16.6. The van der Waals surface area contributed by atoms with Crippen molar-refractivity contribution in [2.75, 3.05) is 24.6 Å². The molecule has 0 bridgehead atoms. The highest BCUT2D eigenvalue weighted by molar-refractivity contribution is 5.60. The van der Waals surface area contributed by atoms with Crippen molar-refractivity contribution >= 4 is 11.5 Å². The van der Waals surface area contributed by atoms with Gasteiger partial charge in [0.05, 0.1) is 24.3 Å². The van der Waals surface area contributed by atoms with Gasteiger partial charge in [-0.2, -0.15) is 5.10 Å². The van der Waals surface area contributed by atoms with Crippen LogP contribution in [0.3, 0.4) is 0 Å². The van der Waals surface area contributed by atoms with E-state index in [0.29, 0.717) is 19.0 Å². The first-order chi connectivity index (χ1) is 14.4. The maximum absolute atomic E-state index is 10.9. The molecule has 4 rings (SSSR count). The number of aromatic nitrogens is 4. The summed E-state index contributed by atoms with van der Waals surface area (Å²) in [7, 11) is 1.89. The second-order valence-corrected chi connectivity index (χ2v) is 7.60. The molecule has 156 valence electrons. The number of nitro benzene ring substituents is 1. The van der Waals surface area contributed by atoms with Gasteiger partial charge in [0, 0.05) is 54.8 Å². The molecular weight excluding hydrogens is 384 g/mol. The first-order valence-electron chi connectivity index (χ1n) is 9.89. The lowest BCUT2D eigenvalue weighted by molar-refractivity contribution is -0.384. The summed E-state index contributed by atoms with van der Waals surface area (Å²) in [6.07, 6.45) is 4.58. The van der Waals surface area contributed by atoms with Crippen LogP contribution in [0.4, 0.5) is 11.5 Å². The number of ether oxygens (including phenoxy) is 1. The predicted octanol–water partition coefficient (Wildman–Crippen LogP) is 3.10. The van der Waals surface area contributed by atoms with E-state index < -0.39 is 10.5 Å². The van der Waals surface area contributed by atoms with Crippen molar-refractivity contribution in [3.8, 4) is 11.4 Å². The number of morpholine rings is 1. The van der Waals surface area contributed by atoms with E-state index in [1.54, 1.807) is 16.8 Å². The molecule has 0 aliphatic carbocycles. The Morgan fingerprint density at radius 1 is 1.27 bits per heavy atom. The van der Waals surface area contributed by atoms with Crippen LogP contribution in [-0.4, -0.2) is 44.4 Å². The van der Waals surface area contributed by atoms with Crippen LogP contribution in [0.5, 0.6) is 0 Å². The van der Waals surface area contributed by atoms with Crippen LogP contribution in [-0.2, 0) is 23.8 Å². The molecule has 1 aliphatic rings. The highest BCUT2D eigenvalue weighted by Crippen LogP contribution is 2.32. The minimum absolute atomic E-state index is 0.0473. The molecule has 9 heteroatoms. The van der Waals surface area contributed by atoms with Crippen molar-refractivity contribution in [2.45, 2.75) is 25.9 Å². The molecule has 3 aromatic rings. The Labute approximate surface area is 174 Å². The summed E-state index contributed by atoms with van der Waals surface area (Å²) in [5, 5.41) is 15.2. The average molecular weight is 408 g/mol. The molecule has 1 aromatic carbocycles. The lowest BCUT2D eigenvalue weighted by Gasteiger charge is -2.40. The average Bonchev–Trinajstić information content (AvgIpc) is 3.21. The molecular formula is C21H24N6O3. The summed E-state index contributed by atoms with van der Waals surface area (Å²) in [5.41, 5.74) is 2.25. The molecule has 30 heavy (non-hydrogen) atoms. The molecule has 2 aromatic heterocycles. The Bertz CT molecular complexity index is 1060. The zero-order valence-electron chi connectivity index (χ0n) is 17.3. The van der Waals surface area contributed by atoms with Crippen molar-refractivity contribution in [1.29, 1.82) is 0 Å². The maximum Gasteiger partial charge on any atom is 0.269 e. The van der Waals surface area contributed by atoms with E-state index in [1.807, 2.05) is 32.4 Å². The smallest absolute Gasteiger partial charge is 0.269 e. The normalized spacial score (nSPS) is 19.1.